The zero-order valence-corrected chi connectivity index (χ0v) is 13.5. The minimum atomic E-state index is -5.10. The second-order valence-corrected chi connectivity index (χ2v) is 5.20. The smallest absolute Gasteiger partial charge is 0.417 e. The van der Waals surface area contributed by atoms with Crippen LogP contribution in [0.25, 0.3) is 0 Å². The molecule has 2 N–H and O–H groups in total. The Hall–Kier alpha value is -3.63. The van der Waals surface area contributed by atoms with Crippen molar-refractivity contribution in [2.75, 3.05) is 5.32 Å². The maximum absolute atomic E-state index is 13.0. The molecule has 0 saturated carbocycles. The number of nitrogens with zero attached hydrogens (tertiary/aromatic N) is 1. The molecule has 2 rings (SSSR count). The van der Waals surface area contributed by atoms with Crippen LogP contribution in [0.5, 0.6) is 11.5 Å². The van der Waals surface area contributed by atoms with Gasteiger partial charge in [0.25, 0.3) is 0 Å². The number of rotatable bonds is 5. The van der Waals surface area contributed by atoms with Gasteiger partial charge in [-0.3, -0.25) is 14.9 Å². The van der Waals surface area contributed by atoms with Crippen LogP contribution in [-0.4, -0.2) is 21.9 Å². The Bertz CT molecular complexity index is 910. The van der Waals surface area contributed by atoms with E-state index in [9.17, 15) is 32.9 Å². The molecule has 0 aliphatic carbocycles. The molecule has 0 unspecified atom stereocenters. The van der Waals surface area contributed by atoms with Gasteiger partial charge in [0.05, 0.1) is 10.5 Å². The quantitative estimate of drug-likeness (QED) is 0.593. The average Bonchev–Trinajstić information content (AvgIpc) is 2.54. The number of carbonyl (C=O) groups excluding carboxylic acids is 1. The lowest BCUT2D eigenvalue weighted by Crippen LogP contribution is -2.15. The number of alkyl halides is 3. The molecule has 0 aliphatic heterocycles. The van der Waals surface area contributed by atoms with Crippen molar-refractivity contribution in [1.29, 1.82) is 0 Å². The summed E-state index contributed by atoms with van der Waals surface area (Å²) in [5, 5.41) is 22.8. The summed E-state index contributed by atoms with van der Waals surface area (Å²) >= 11 is 0. The first kappa shape index (κ1) is 19.7. The maximum Gasteiger partial charge on any atom is 0.417 e. The number of amides is 1. The third-order valence-electron chi connectivity index (χ3n) is 3.25. The number of nitro groups is 1. The van der Waals surface area contributed by atoms with Crippen LogP contribution < -0.4 is 10.1 Å². The fraction of sp³-hybridized carbons (Fsp3) is 0.125. The summed E-state index contributed by atoms with van der Waals surface area (Å²) in [5.74, 6) is -3.13. The summed E-state index contributed by atoms with van der Waals surface area (Å²) in [5.41, 5.74) is -4.10. The average molecular weight is 384 g/mol. The molecule has 8 nitrogen and oxygen atoms in total. The maximum atomic E-state index is 13.0. The molecule has 2 aromatic carbocycles. The highest BCUT2D eigenvalue weighted by Gasteiger charge is 2.41. The van der Waals surface area contributed by atoms with Crippen molar-refractivity contribution in [2.45, 2.75) is 13.1 Å². The lowest BCUT2D eigenvalue weighted by Gasteiger charge is -2.13. The molecule has 0 fully saturated rings. The Kier molecular flexibility index (Phi) is 5.34. The van der Waals surface area contributed by atoms with E-state index in [1.54, 1.807) is 0 Å². The summed E-state index contributed by atoms with van der Waals surface area (Å²) in [4.78, 5) is 32.2. The zero-order chi connectivity index (χ0) is 20.4. The number of anilines is 1. The van der Waals surface area contributed by atoms with Gasteiger partial charge in [0.1, 0.15) is 5.75 Å². The first-order valence-electron chi connectivity index (χ1n) is 7.18. The van der Waals surface area contributed by atoms with Gasteiger partial charge in [-0.15, -0.1) is 0 Å². The molecule has 0 aromatic heterocycles. The van der Waals surface area contributed by atoms with Crippen LogP contribution in [0.4, 0.5) is 24.5 Å². The molecule has 11 heteroatoms. The number of aromatic carboxylic acids is 1. The van der Waals surface area contributed by atoms with Crippen LogP contribution in [0.3, 0.4) is 0 Å². The largest absolute Gasteiger partial charge is 0.477 e. The zero-order valence-electron chi connectivity index (χ0n) is 13.5. The molecule has 2 aromatic rings. The number of benzene rings is 2. The monoisotopic (exact) mass is 384 g/mol. The van der Waals surface area contributed by atoms with Crippen molar-refractivity contribution in [2.24, 2.45) is 0 Å². The van der Waals surface area contributed by atoms with Crippen molar-refractivity contribution in [1.82, 2.24) is 0 Å². The molecule has 27 heavy (non-hydrogen) atoms. The van der Waals surface area contributed by atoms with Crippen molar-refractivity contribution >= 4 is 23.3 Å². The van der Waals surface area contributed by atoms with Gasteiger partial charge in [0.15, 0.2) is 5.56 Å². The third-order valence-corrected chi connectivity index (χ3v) is 3.25. The van der Waals surface area contributed by atoms with E-state index < -0.39 is 39.6 Å². The van der Waals surface area contributed by atoms with E-state index in [2.05, 4.69) is 5.32 Å². The first-order chi connectivity index (χ1) is 12.5. The van der Waals surface area contributed by atoms with Crippen LogP contribution in [-0.2, 0) is 11.0 Å². The highest BCUT2D eigenvalue weighted by molar-refractivity contribution is 5.96. The van der Waals surface area contributed by atoms with Gasteiger partial charge in [-0.2, -0.15) is 13.2 Å². The topological polar surface area (TPSA) is 119 Å². The minimum Gasteiger partial charge on any atom is -0.477 e. The minimum absolute atomic E-state index is 0.0108. The fourth-order valence-electron chi connectivity index (χ4n) is 2.22. The molecule has 1 amide bonds. The van der Waals surface area contributed by atoms with Crippen molar-refractivity contribution < 1.29 is 37.5 Å². The van der Waals surface area contributed by atoms with Crippen LogP contribution in [0, 0.1) is 10.1 Å². The van der Waals surface area contributed by atoms with E-state index in [0.29, 0.717) is 17.8 Å². The predicted octanol–water partition coefficient (Wildman–Crippen LogP) is 4.06. The summed E-state index contributed by atoms with van der Waals surface area (Å²) in [6.45, 7) is 1.28. The van der Waals surface area contributed by atoms with Crippen molar-refractivity contribution in [3.63, 3.8) is 0 Å². The number of carboxylic acid groups (broad SMARTS) is 1. The molecule has 142 valence electrons. The standard InChI is InChI=1S/C16H11F3N2O6/c1-8(22)20-9-2-4-10(5-3-9)27-12-7-6-11(16(17,18)19)13(15(23)24)14(12)21(25)26/h2-7H,1H3,(H,20,22)(H,23,24). The molecule has 0 spiro atoms. The number of carbonyl (C=O) groups is 2. The highest BCUT2D eigenvalue weighted by atomic mass is 19.4. The van der Waals surface area contributed by atoms with Gasteiger partial charge in [-0.25, -0.2) is 4.79 Å². The second kappa shape index (κ2) is 7.32. The van der Waals surface area contributed by atoms with Crippen LogP contribution in [0.1, 0.15) is 22.8 Å². The number of ether oxygens (including phenoxy) is 1. The van der Waals surface area contributed by atoms with Crippen molar-refractivity contribution in [3.8, 4) is 11.5 Å². The molecular weight excluding hydrogens is 373 g/mol. The lowest BCUT2D eigenvalue weighted by atomic mass is 10.0. The molecule has 0 saturated heterocycles. The van der Waals surface area contributed by atoms with E-state index in [1.807, 2.05) is 0 Å². The number of nitro benzene ring substituents is 1. The highest BCUT2D eigenvalue weighted by Crippen LogP contribution is 2.42. The van der Waals surface area contributed by atoms with Gasteiger partial charge in [0, 0.05) is 12.6 Å². The molecular formula is C16H11F3N2O6. The van der Waals surface area contributed by atoms with Crippen LogP contribution >= 0.6 is 0 Å². The van der Waals surface area contributed by atoms with Crippen LogP contribution in [0.2, 0.25) is 0 Å². The number of carboxylic acids is 1. The number of halogens is 3. The summed E-state index contributed by atoms with van der Waals surface area (Å²) in [6.07, 6.45) is -5.10. The van der Waals surface area contributed by atoms with E-state index in [4.69, 9.17) is 9.84 Å². The number of hydrogen-bond acceptors (Lipinski definition) is 5. The van der Waals surface area contributed by atoms with Gasteiger partial charge in [-0.05, 0) is 36.4 Å². The Morgan fingerprint density at radius 1 is 1.15 bits per heavy atom. The van der Waals surface area contributed by atoms with Gasteiger partial charge in [-0.1, -0.05) is 0 Å². The van der Waals surface area contributed by atoms with E-state index >= 15 is 0 Å². The number of nitrogens with one attached hydrogen (secondary N) is 1. The van der Waals surface area contributed by atoms with Gasteiger partial charge >= 0.3 is 17.8 Å². The van der Waals surface area contributed by atoms with Gasteiger partial charge in [0.2, 0.25) is 11.7 Å². The Balaban J connectivity index is 2.51. The summed E-state index contributed by atoms with van der Waals surface area (Å²) in [6, 6.07) is 6.46. The Labute approximate surface area is 149 Å². The fourth-order valence-corrected chi connectivity index (χ4v) is 2.22. The van der Waals surface area contributed by atoms with Crippen molar-refractivity contribution in [3.05, 3.63) is 57.6 Å². The summed E-state index contributed by atoms with van der Waals surface area (Å²) in [7, 11) is 0. The van der Waals surface area contributed by atoms with Crippen LogP contribution in [0.15, 0.2) is 36.4 Å². The molecule has 0 radical (unpaired) electrons. The SMILES string of the molecule is CC(=O)Nc1ccc(Oc2ccc(C(F)(F)F)c(C(=O)O)c2[N+](=O)[O-])cc1. The summed E-state index contributed by atoms with van der Waals surface area (Å²) < 4.78 is 44.2. The Morgan fingerprint density at radius 2 is 1.74 bits per heavy atom. The second-order valence-electron chi connectivity index (χ2n) is 5.20. The normalized spacial score (nSPS) is 11.0. The van der Waals surface area contributed by atoms with E-state index in [1.165, 1.54) is 31.2 Å². The molecule has 0 heterocycles. The van der Waals surface area contributed by atoms with Gasteiger partial charge < -0.3 is 15.2 Å². The van der Waals surface area contributed by atoms with E-state index in [-0.39, 0.29) is 11.7 Å². The first-order valence-corrected chi connectivity index (χ1v) is 7.18. The Morgan fingerprint density at radius 3 is 2.19 bits per heavy atom. The lowest BCUT2D eigenvalue weighted by molar-refractivity contribution is -0.386. The van der Waals surface area contributed by atoms with E-state index in [0.717, 1.165) is 0 Å². The number of hydrogen-bond donors (Lipinski definition) is 2. The molecule has 0 bridgehead atoms. The predicted molar refractivity (Wildman–Crippen MR) is 85.9 cm³/mol. The molecule has 0 aliphatic rings. The third kappa shape index (κ3) is 4.51. The molecule has 0 atom stereocenters.